The third-order valence-electron chi connectivity index (χ3n) is 2.23. The lowest BCUT2D eigenvalue weighted by atomic mass is 10.2. The Morgan fingerprint density at radius 2 is 2.36 bits per heavy atom. The van der Waals surface area contributed by atoms with Crippen LogP contribution in [0.25, 0.3) is 5.69 Å². The molecule has 1 aromatic heterocycles. The Labute approximate surface area is 85.3 Å². The molecule has 1 aliphatic rings. The third-order valence-corrected chi connectivity index (χ3v) is 3.27. The summed E-state index contributed by atoms with van der Waals surface area (Å²) in [5.74, 6) is 1.77. The molecule has 2 aromatic rings. The van der Waals surface area contributed by atoms with Crippen molar-refractivity contribution in [2.24, 2.45) is 0 Å². The van der Waals surface area contributed by atoms with Gasteiger partial charge in [0, 0.05) is 4.90 Å². The highest BCUT2D eigenvalue weighted by molar-refractivity contribution is 7.98. The number of aryl methyl sites for hydroxylation is 1. The fourth-order valence-electron chi connectivity index (χ4n) is 1.54. The van der Waals surface area contributed by atoms with E-state index in [9.17, 15) is 0 Å². The largest absolute Gasteiger partial charge is 0.195 e. The lowest BCUT2D eigenvalue weighted by Crippen LogP contribution is -2.08. The first-order valence-electron chi connectivity index (χ1n) is 4.36. The summed E-state index contributed by atoms with van der Waals surface area (Å²) in [4.78, 5) is 1.25. The van der Waals surface area contributed by atoms with E-state index in [-0.39, 0.29) is 0 Å². The van der Waals surface area contributed by atoms with Crippen LogP contribution in [0.4, 0.5) is 0 Å². The third kappa shape index (κ3) is 1.05. The monoisotopic (exact) mass is 204 g/mol. The van der Waals surface area contributed by atoms with Crippen molar-refractivity contribution in [2.45, 2.75) is 17.6 Å². The maximum absolute atomic E-state index is 3.97. The van der Waals surface area contributed by atoms with Crippen molar-refractivity contribution >= 4 is 11.8 Å². The maximum atomic E-state index is 3.97. The zero-order valence-electron chi connectivity index (χ0n) is 7.64. The van der Waals surface area contributed by atoms with E-state index in [4.69, 9.17) is 0 Å². The molecule has 0 aliphatic carbocycles. The van der Waals surface area contributed by atoms with Crippen molar-refractivity contribution in [3.63, 3.8) is 0 Å². The molecule has 0 amide bonds. The summed E-state index contributed by atoms with van der Waals surface area (Å²) in [6, 6.07) is 6.32. The Hall–Kier alpha value is -1.36. The second-order valence-electron chi connectivity index (χ2n) is 3.27. The van der Waals surface area contributed by atoms with Crippen LogP contribution in [0.2, 0.25) is 0 Å². The van der Waals surface area contributed by atoms with Gasteiger partial charge in [-0.1, -0.05) is 6.07 Å². The van der Waals surface area contributed by atoms with Gasteiger partial charge in [0.2, 0.25) is 0 Å². The van der Waals surface area contributed by atoms with Crippen LogP contribution in [-0.2, 0) is 5.75 Å². The van der Waals surface area contributed by atoms with Gasteiger partial charge in [-0.3, -0.25) is 0 Å². The van der Waals surface area contributed by atoms with E-state index in [1.807, 2.05) is 4.68 Å². The summed E-state index contributed by atoms with van der Waals surface area (Å²) in [6.07, 6.45) is 0. The zero-order chi connectivity index (χ0) is 9.54. The minimum absolute atomic E-state index is 0.851. The van der Waals surface area contributed by atoms with E-state index in [1.165, 1.54) is 10.5 Å². The number of fused-ring (bicyclic) bond motifs is 3. The standard InChI is InChI=1S/C9H8N4S/c1-6-2-3-7-8(4-6)14-5-9-10-11-12-13(7)9/h2-4H,5H2,1H3. The first-order chi connectivity index (χ1) is 6.84. The van der Waals surface area contributed by atoms with E-state index < -0.39 is 0 Å². The lowest BCUT2D eigenvalue weighted by molar-refractivity contribution is 0.761. The van der Waals surface area contributed by atoms with E-state index >= 15 is 0 Å². The van der Waals surface area contributed by atoms with Crippen LogP contribution in [-0.4, -0.2) is 20.2 Å². The summed E-state index contributed by atoms with van der Waals surface area (Å²) in [5.41, 5.74) is 2.36. The molecule has 3 rings (SSSR count). The van der Waals surface area contributed by atoms with Crippen molar-refractivity contribution in [1.82, 2.24) is 20.2 Å². The number of aromatic nitrogens is 4. The molecule has 0 atom stereocenters. The van der Waals surface area contributed by atoms with Crippen LogP contribution in [0.15, 0.2) is 23.1 Å². The highest BCUT2D eigenvalue weighted by Crippen LogP contribution is 2.33. The number of hydrogen-bond acceptors (Lipinski definition) is 4. The Balaban J connectivity index is 2.26. The minimum atomic E-state index is 0.851. The van der Waals surface area contributed by atoms with E-state index in [2.05, 4.69) is 40.6 Å². The first-order valence-corrected chi connectivity index (χ1v) is 5.34. The number of tetrazole rings is 1. The van der Waals surface area contributed by atoms with Gasteiger partial charge in [0.05, 0.1) is 11.4 Å². The van der Waals surface area contributed by atoms with Gasteiger partial charge in [-0.2, -0.15) is 4.68 Å². The fraction of sp³-hybridized carbons (Fsp3) is 0.222. The normalized spacial score (nSPS) is 13.5. The maximum Gasteiger partial charge on any atom is 0.166 e. The molecule has 0 fully saturated rings. The van der Waals surface area contributed by atoms with Gasteiger partial charge in [-0.05, 0) is 35.0 Å². The highest BCUT2D eigenvalue weighted by Gasteiger charge is 2.18. The number of rotatable bonds is 0. The Morgan fingerprint density at radius 1 is 1.43 bits per heavy atom. The molecule has 1 aliphatic heterocycles. The topological polar surface area (TPSA) is 43.6 Å². The summed E-state index contributed by atoms with van der Waals surface area (Å²) in [7, 11) is 0. The number of hydrogen-bond donors (Lipinski definition) is 0. The molecule has 0 radical (unpaired) electrons. The van der Waals surface area contributed by atoms with E-state index in [1.54, 1.807) is 11.8 Å². The summed E-state index contributed by atoms with van der Waals surface area (Å²) in [5, 5.41) is 11.6. The number of benzene rings is 1. The van der Waals surface area contributed by atoms with Crippen molar-refractivity contribution in [3.8, 4) is 5.69 Å². The molecule has 1 aromatic carbocycles. The molecular formula is C9H8N4S. The first kappa shape index (κ1) is 7.99. The SMILES string of the molecule is Cc1ccc2c(c1)SCc1nnnn1-2. The van der Waals surface area contributed by atoms with Gasteiger partial charge in [-0.25, -0.2) is 0 Å². The number of nitrogens with zero attached hydrogens (tertiary/aromatic N) is 4. The predicted molar refractivity (Wildman–Crippen MR) is 53.5 cm³/mol. The van der Waals surface area contributed by atoms with Crippen LogP contribution in [0.3, 0.4) is 0 Å². The second-order valence-corrected chi connectivity index (χ2v) is 4.28. The van der Waals surface area contributed by atoms with Crippen molar-refractivity contribution < 1.29 is 0 Å². The molecule has 2 heterocycles. The Bertz CT molecular complexity index is 491. The molecule has 0 N–H and O–H groups in total. The minimum Gasteiger partial charge on any atom is -0.195 e. The Kier molecular flexibility index (Phi) is 1.61. The van der Waals surface area contributed by atoms with Gasteiger partial charge in [0.25, 0.3) is 0 Å². The molecule has 70 valence electrons. The summed E-state index contributed by atoms with van der Waals surface area (Å²) < 4.78 is 1.81. The average molecular weight is 204 g/mol. The van der Waals surface area contributed by atoms with Gasteiger partial charge in [-0.15, -0.1) is 16.9 Å². The van der Waals surface area contributed by atoms with Crippen LogP contribution in [0.1, 0.15) is 11.4 Å². The van der Waals surface area contributed by atoms with Crippen LogP contribution in [0.5, 0.6) is 0 Å². The highest BCUT2D eigenvalue weighted by atomic mass is 32.2. The lowest BCUT2D eigenvalue weighted by Gasteiger charge is -2.15. The van der Waals surface area contributed by atoms with Crippen molar-refractivity contribution in [2.75, 3.05) is 0 Å². The molecule has 4 nitrogen and oxygen atoms in total. The molecular weight excluding hydrogens is 196 g/mol. The Morgan fingerprint density at radius 3 is 3.29 bits per heavy atom. The molecule has 0 saturated carbocycles. The van der Waals surface area contributed by atoms with Crippen LogP contribution < -0.4 is 0 Å². The van der Waals surface area contributed by atoms with Crippen molar-refractivity contribution in [3.05, 3.63) is 29.6 Å². The summed E-state index contributed by atoms with van der Waals surface area (Å²) in [6.45, 7) is 2.09. The summed E-state index contributed by atoms with van der Waals surface area (Å²) >= 11 is 1.79. The molecule has 0 saturated heterocycles. The van der Waals surface area contributed by atoms with E-state index in [0.29, 0.717) is 0 Å². The molecule has 0 unspecified atom stereocenters. The molecule has 0 bridgehead atoms. The predicted octanol–water partition coefficient (Wildman–Crippen LogP) is 1.58. The molecule has 0 spiro atoms. The zero-order valence-corrected chi connectivity index (χ0v) is 8.45. The second kappa shape index (κ2) is 2.81. The van der Waals surface area contributed by atoms with E-state index in [0.717, 1.165) is 17.3 Å². The fourth-order valence-corrected chi connectivity index (χ4v) is 2.57. The van der Waals surface area contributed by atoms with Gasteiger partial charge >= 0.3 is 0 Å². The molecule has 14 heavy (non-hydrogen) atoms. The van der Waals surface area contributed by atoms with Gasteiger partial charge in [0.15, 0.2) is 5.82 Å². The van der Waals surface area contributed by atoms with Crippen molar-refractivity contribution in [1.29, 1.82) is 0 Å². The van der Waals surface area contributed by atoms with Gasteiger partial charge in [0.1, 0.15) is 0 Å². The van der Waals surface area contributed by atoms with Crippen LogP contribution in [0, 0.1) is 6.92 Å². The number of thioether (sulfide) groups is 1. The molecule has 5 heteroatoms. The van der Waals surface area contributed by atoms with Crippen LogP contribution >= 0.6 is 11.8 Å². The quantitative estimate of drug-likeness (QED) is 0.653. The average Bonchev–Trinajstić information content (AvgIpc) is 2.65. The smallest absolute Gasteiger partial charge is 0.166 e. The van der Waals surface area contributed by atoms with Gasteiger partial charge < -0.3 is 0 Å².